The Balaban J connectivity index is 1.93. The van der Waals surface area contributed by atoms with E-state index in [0.29, 0.717) is 5.92 Å². The van der Waals surface area contributed by atoms with Crippen molar-refractivity contribution >= 4 is 11.0 Å². The number of benzene rings is 1. The third-order valence-corrected chi connectivity index (χ3v) is 3.84. The van der Waals surface area contributed by atoms with Crippen LogP contribution in [0.2, 0.25) is 0 Å². The Labute approximate surface area is 102 Å². The second kappa shape index (κ2) is 4.15. The van der Waals surface area contributed by atoms with Gasteiger partial charge in [-0.15, -0.1) is 0 Å². The van der Waals surface area contributed by atoms with Crippen LogP contribution in [0.3, 0.4) is 0 Å². The molecule has 2 heterocycles. The summed E-state index contributed by atoms with van der Waals surface area (Å²) in [5.41, 5.74) is 3.58. The smallest absolute Gasteiger partial charge is 0.110 e. The van der Waals surface area contributed by atoms with Crippen molar-refractivity contribution in [2.75, 3.05) is 20.1 Å². The molecule has 0 unspecified atom stereocenters. The van der Waals surface area contributed by atoms with E-state index in [0.717, 1.165) is 5.52 Å². The lowest BCUT2D eigenvalue weighted by molar-refractivity contribution is 0.252. The van der Waals surface area contributed by atoms with Gasteiger partial charge in [0, 0.05) is 5.92 Å². The Kier molecular flexibility index (Phi) is 2.63. The molecule has 0 bridgehead atoms. The van der Waals surface area contributed by atoms with Crippen LogP contribution in [0.15, 0.2) is 18.2 Å². The van der Waals surface area contributed by atoms with Crippen molar-refractivity contribution in [3.8, 4) is 0 Å². The summed E-state index contributed by atoms with van der Waals surface area (Å²) in [7, 11) is 2.19. The number of aryl methyl sites for hydroxylation is 1. The molecule has 3 rings (SSSR count). The van der Waals surface area contributed by atoms with Gasteiger partial charge in [-0.1, -0.05) is 12.1 Å². The highest BCUT2D eigenvalue weighted by Crippen LogP contribution is 2.27. The van der Waals surface area contributed by atoms with Crippen molar-refractivity contribution in [2.24, 2.45) is 0 Å². The fourth-order valence-corrected chi connectivity index (χ4v) is 2.67. The molecule has 3 heteroatoms. The lowest BCUT2D eigenvalue weighted by atomic mass is 9.97. The zero-order chi connectivity index (χ0) is 11.8. The van der Waals surface area contributed by atoms with Crippen molar-refractivity contribution in [1.29, 1.82) is 0 Å². The average Bonchev–Trinajstić information content (AvgIpc) is 2.75. The predicted molar refractivity (Wildman–Crippen MR) is 70.3 cm³/mol. The maximum absolute atomic E-state index is 4.79. The molecule has 0 saturated carbocycles. The fourth-order valence-electron chi connectivity index (χ4n) is 2.67. The Morgan fingerprint density at radius 1 is 1.29 bits per heavy atom. The lowest BCUT2D eigenvalue weighted by Crippen LogP contribution is -2.29. The summed E-state index contributed by atoms with van der Waals surface area (Å²) in [5.74, 6) is 1.79. The van der Waals surface area contributed by atoms with Gasteiger partial charge in [0.15, 0.2) is 0 Å². The van der Waals surface area contributed by atoms with Gasteiger partial charge in [-0.05, 0) is 51.5 Å². The number of para-hydroxylation sites is 1. The highest BCUT2D eigenvalue weighted by molar-refractivity contribution is 5.78. The van der Waals surface area contributed by atoms with Gasteiger partial charge >= 0.3 is 0 Å². The molecule has 0 aliphatic carbocycles. The molecule has 0 atom stereocenters. The van der Waals surface area contributed by atoms with Gasteiger partial charge in [-0.2, -0.15) is 0 Å². The Hall–Kier alpha value is -1.35. The monoisotopic (exact) mass is 229 g/mol. The highest BCUT2D eigenvalue weighted by Gasteiger charge is 2.21. The van der Waals surface area contributed by atoms with Crippen LogP contribution in [-0.4, -0.2) is 35.0 Å². The van der Waals surface area contributed by atoms with Crippen LogP contribution in [-0.2, 0) is 0 Å². The van der Waals surface area contributed by atoms with Crippen LogP contribution in [0, 0.1) is 6.92 Å². The van der Waals surface area contributed by atoms with E-state index in [2.05, 4.69) is 42.1 Å². The number of H-pyrrole nitrogens is 1. The number of piperidine rings is 1. The maximum Gasteiger partial charge on any atom is 0.110 e. The number of nitrogens with one attached hydrogen (secondary N) is 1. The van der Waals surface area contributed by atoms with Crippen LogP contribution < -0.4 is 0 Å². The minimum atomic E-state index is 0.609. The molecular formula is C14H19N3. The number of likely N-dealkylation sites (tertiary alicyclic amines) is 1. The van der Waals surface area contributed by atoms with E-state index in [1.807, 2.05) is 0 Å². The summed E-state index contributed by atoms with van der Waals surface area (Å²) >= 11 is 0. The van der Waals surface area contributed by atoms with Crippen LogP contribution in [0.1, 0.15) is 30.1 Å². The van der Waals surface area contributed by atoms with E-state index < -0.39 is 0 Å². The first kappa shape index (κ1) is 10.8. The minimum absolute atomic E-state index is 0.609. The molecule has 1 fully saturated rings. The van der Waals surface area contributed by atoms with Gasteiger partial charge < -0.3 is 9.88 Å². The predicted octanol–water partition coefficient (Wildman–Crippen LogP) is 2.68. The number of nitrogens with zero attached hydrogens (tertiary/aromatic N) is 2. The summed E-state index contributed by atoms with van der Waals surface area (Å²) in [6.45, 7) is 4.49. The normalized spacial score (nSPS) is 18.9. The number of aromatic amines is 1. The Bertz CT molecular complexity index is 521. The van der Waals surface area contributed by atoms with Gasteiger partial charge in [0.05, 0.1) is 11.0 Å². The molecule has 17 heavy (non-hydrogen) atoms. The molecule has 0 amide bonds. The number of imidazole rings is 1. The summed E-state index contributed by atoms with van der Waals surface area (Å²) in [6, 6.07) is 6.34. The van der Waals surface area contributed by atoms with Crippen LogP contribution in [0.4, 0.5) is 0 Å². The summed E-state index contributed by atoms with van der Waals surface area (Å²) in [4.78, 5) is 10.7. The van der Waals surface area contributed by atoms with Crippen molar-refractivity contribution in [1.82, 2.24) is 14.9 Å². The third kappa shape index (κ3) is 1.95. The molecule has 1 aromatic carbocycles. The zero-order valence-corrected chi connectivity index (χ0v) is 10.5. The molecule has 0 spiro atoms. The molecule has 1 aliphatic rings. The molecule has 1 aliphatic heterocycles. The standard InChI is InChI=1S/C14H19N3/c1-10-4-3-5-12-13(10)16-14(15-12)11-6-8-17(2)9-7-11/h3-5,11H,6-9H2,1-2H3,(H,15,16). The molecule has 1 saturated heterocycles. The number of hydrogen-bond donors (Lipinski definition) is 1. The molecule has 1 aromatic heterocycles. The zero-order valence-electron chi connectivity index (χ0n) is 10.5. The van der Waals surface area contributed by atoms with Gasteiger partial charge in [0.2, 0.25) is 0 Å². The van der Waals surface area contributed by atoms with E-state index >= 15 is 0 Å². The van der Waals surface area contributed by atoms with Gasteiger partial charge in [0.1, 0.15) is 5.82 Å². The fraction of sp³-hybridized carbons (Fsp3) is 0.500. The van der Waals surface area contributed by atoms with Gasteiger partial charge in [-0.3, -0.25) is 0 Å². The summed E-state index contributed by atoms with van der Waals surface area (Å²) in [6.07, 6.45) is 2.44. The maximum atomic E-state index is 4.79. The SMILES string of the molecule is Cc1cccc2[nH]c(C3CCN(C)CC3)nc12. The van der Waals surface area contributed by atoms with Crippen molar-refractivity contribution in [3.05, 3.63) is 29.6 Å². The van der Waals surface area contributed by atoms with E-state index in [-0.39, 0.29) is 0 Å². The molecule has 3 nitrogen and oxygen atoms in total. The van der Waals surface area contributed by atoms with Crippen molar-refractivity contribution in [2.45, 2.75) is 25.7 Å². The largest absolute Gasteiger partial charge is 0.342 e. The van der Waals surface area contributed by atoms with E-state index in [4.69, 9.17) is 4.98 Å². The topological polar surface area (TPSA) is 31.9 Å². The molecular weight excluding hydrogens is 210 g/mol. The first-order valence-corrected chi connectivity index (χ1v) is 6.38. The highest BCUT2D eigenvalue weighted by atomic mass is 15.1. The van der Waals surface area contributed by atoms with Crippen molar-refractivity contribution in [3.63, 3.8) is 0 Å². The Morgan fingerprint density at radius 2 is 2.06 bits per heavy atom. The molecule has 1 N–H and O–H groups in total. The average molecular weight is 229 g/mol. The number of rotatable bonds is 1. The Morgan fingerprint density at radius 3 is 2.76 bits per heavy atom. The van der Waals surface area contributed by atoms with E-state index in [1.165, 1.54) is 42.8 Å². The molecule has 2 aromatic rings. The number of hydrogen-bond acceptors (Lipinski definition) is 2. The second-order valence-electron chi connectivity index (χ2n) is 5.17. The lowest BCUT2D eigenvalue weighted by Gasteiger charge is -2.27. The summed E-state index contributed by atoms with van der Waals surface area (Å²) in [5, 5.41) is 0. The van der Waals surface area contributed by atoms with Gasteiger partial charge in [0.25, 0.3) is 0 Å². The van der Waals surface area contributed by atoms with Gasteiger partial charge in [-0.25, -0.2) is 4.98 Å². The number of aromatic nitrogens is 2. The first-order valence-electron chi connectivity index (χ1n) is 6.38. The first-order chi connectivity index (χ1) is 8.24. The minimum Gasteiger partial charge on any atom is -0.342 e. The van der Waals surface area contributed by atoms with Crippen LogP contribution in [0.25, 0.3) is 11.0 Å². The third-order valence-electron chi connectivity index (χ3n) is 3.84. The van der Waals surface area contributed by atoms with Crippen LogP contribution >= 0.6 is 0 Å². The second-order valence-corrected chi connectivity index (χ2v) is 5.17. The van der Waals surface area contributed by atoms with Crippen LogP contribution in [0.5, 0.6) is 0 Å². The number of fused-ring (bicyclic) bond motifs is 1. The molecule has 0 radical (unpaired) electrons. The summed E-state index contributed by atoms with van der Waals surface area (Å²) < 4.78 is 0. The quantitative estimate of drug-likeness (QED) is 0.815. The van der Waals surface area contributed by atoms with Crippen molar-refractivity contribution < 1.29 is 0 Å². The molecule has 90 valence electrons. The van der Waals surface area contributed by atoms with E-state index in [1.54, 1.807) is 0 Å². The van der Waals surface area contributed by atoms with E-state index in [9.17, 15) is 0 Å².